The Morgan fingerprint density at radius 2 is 0.852 bits per heavy atom. The summed E-state index contributed by atoms with van der Waals surface area (Å²) in [7, 11) is 0. The normalized spacial score (nSPS) is 10.3. The molecule has 0 saturated heterocycles. The summed E-state index contributed by atoms with van der Waals surface area (Å²) in [6, 6.07) is 0. The molecule has 0 fully saturated rings. The van der Waals surface area contributed by atoms with E-state index in [0.29, 0.717) is 38.9 Å². The van der Waals surface area contributed by atoms with Crippen molar-refractivity contribution < 1.29 is 19.1 Å². The molecule has 0 aromatic rings. The van der Waals surface area contributed by atoms with Crippen LogP contribution < -0.4 is 0 Å². The molecule has 0 radical (unpaired) electrons. The first-order valence-electron chi connectivity index (χ1n) is 11.0. The molecule has 27 heavy (non-hydrogen) atoms. The van der Waals surface area contributed by atoms with Crippen molar-refractivity contribution in [3.05, 3.63) is 0 Å². The summed E-state index contributed by atoms with van der Waals surface area (Å²) in [6.45, 7) is 5.48. The van der Waals surface area contributed by atoms with Crippen LogP contribution in [0, 0.1) is 0 Å². The minimum absolute atomic E-state index is 0. The van der Waals surface area contributed by atoms with Crippen LogP contribution in [0.1, 0.15) is 117 Å². The number of rotatable bonds is 19. The fourth-order valence-electron chi connectivity index (χ4n) is 2.82. The molecule has 0 spiro atoms. The molecule has 0 N–H and O–H groups in total. The van der Waals surface area contributed by atoms with Gasteiger partial charge in [0.2, 0.25) is 0 Å². The Hall–Kier alpha value is -0.0600. The van der Waals surface area contributed by atoms with Crippen LogP contribution in [0.3, 0.4) is 0 Å². The van der Waals surface area contributed by atoms with Crippen molar-refractivity contribution in [3.8, 4) is 0 Å². The van der Waals surface area contributed by atoms with E-state index in [1.54, 1.807) is 0 Å². The monoisotopic (exact) mass is 394 g/mol. The Morgan fingerprint density at radius 1 is 0.519 bits per heavy atom. The zero-order valence-electron chi connectivity index (χ0n) is 17.4. The van der Waals surface area contributed by atoms with E-state index >= 15 is 0 Å². The van der Waals surface area contributed by atoms with E-state index in [0.717, 1.165) is 25.7 Å². The first-order chi connectivity index (χ1) is 12.7. The third kappa shape index (κ3) is 23.9. The van der Waals surface area contributed by atoms with E-state index in [1.807, 2.05) is 0 Å². The van der Waals surface area contributed by atoms with E-state index in [9.17, 15) is 9.59 Å². The average Bonchev–Trinajstić information content (AvgIpc) is 2.64. The van der Waals surface area contributed by atoms with Crippen molar-refractivity contribution in [2.45, 2.75) is 117 Å². The predicted molar refractivity (Wildman–Crippen MR) is 114 cm³/mol. The number of ether oxygens (including phenoxy) is 2. The molecule has 0 saturated carbocycles. The first-order valence-corrected chi connectivity index (χ1v) is 11.0. The van der Waals surface area contributed by atoms with Gasteiger partial charge in [0.25, 0.3) is 0 Å². The summed E-state index contributed by atoms with van der Waals surface area (Å²) >= 11 is 0. The van der Waals surface area contributed by atoms with Crippen LogP contribution in [-0.2, 0) is 19.1 Å². The number of unbranched alkanes of at least 4 members (excludes halogenated alkanes) is 11. The second-order valence-corrected chi connectivity index (χ2v) is 7.18. The molecule has 0 aromatic carbocycles. The van der Waals surface area contributed by atoms with Crippen molar-refractivity contribution in [2.75, 3.05) is 13.2 Å². The molecular formula is C22H43NaO4. The molecule has 156 valence electrons. The van der Waals surface area contributed by atoms with Crippen LogP contribution in [-0.4, -0.2) is 54.7 Å². The minimum atomic E-state index is -0.140. The Bertz CT molecular complexity index is 302. The van der Waals surface area contributed by atoms with Gasteiger partial charge in [-0.05, 0) is 25.7 Å². The van der Waals surface area contributed by atoms with Gasteiger partial charge in [-0.3, -0.25) is 9.59 Å². The molecule has 0 amide bonds. The van der Waals surface area contributed by atoms with E-state index < -0.39 is 0 Å². The Morgan fingerprint density at radius 3 is 1.22 bits per heavy atom. The number of carbonyl (C=O) groups is 2. The Labute approximate surface area is 189 Å². The zero-order valence-corrected chi connectivity index (χ0v) is 17.4. The molecule has 0 rings (SSSR count). The van der Waals surface area contributed by atoms with Gasteiger partial charge in [0.1, 0.15) is 0 Å². The number of esters is 2. The van der Waals surface area contributed by atoms with Crippen LogP contribution >= 0.6 is 0 Å². The molecule has 5 heteroatoms. The van der Waals surface area contributed by atoms with E-state index in [4.69, 9.17) is 9.47 Å². The van der Waals surface area contributed by atoms with E-state index in [-0.39, 0.29) is 41.5 Å². The average molecular weight is 395 g/mol. The summed E-state index contributed by atoms with van der Waals surface area (Å²) in [5, 5.41) is 0. The van der Waals surface area contributed by atoms with Crippen LogP contribution in [0.5, 0.6) is 0 Å². The fourth-order valence-corrected chi connectivity index (χ4v) is 2.82. The van der Waals surface area contributed by atoms with Crippen molar-refractivity contribution in [1.29, 1.82) is 0 Å². The standard InChI is InChI=1S/C22H42O4.Na.H/c1-3-5-7-9-11-15-19-25-21(23)17-13-14-18-22(24)26-20-16-12-10-8-6-4-2;;/h3-20H2,1-2H3;;. The molecule has 0 atom stereocenters. The van der Waals surface area contributed by atoms with Gasteiger partial charge in [-0.15, -0.1) is 0 Å². The van der Waals surface area contributed by atoms with Crippen LogP contribution in [0.4, 0.5) is 0 Å². The van der Waals surface area contributed by atoms with Crippen LogP contribution in [0.2, 0.25) is 0 Å². The molecule has 4 nitrogen and oxygen atoms in total. The molecular weight excluding hydrogens is 351 g/mol. The molecule has 0 aliphatic carbocycles. The van der Waals surface area contributed by atoms with Gasteiger partial charge in [0.15, 0.2) is 0 Å². The van der Waals surface area contributed by atoms with Crippen LogP contribution in [0.15, 0.2) is 0 Å². The first kappa shape index (κ1) is 29.1. The predicted octanol–water partition coefficient (Wildman–Crippen LogP) is 5.71. The summed E-state index contributed by atoms with van der Waals surface area (Å²) in [5.41, 5.74) is 0. The Balaban J connectivity index is 0. The van der Waals surface area contributed by atoms with Gasteiger partial charge in [0.05, 0.1) is 13.2 Å². The topological polar surface area (TPSA) is 52.6 Å². The third-order valence-electron chi connectivity index (χ3n) is 4.53. The number of carbonyl (C=O) groups excluding carboxylic acids is 2. The van der Waals surface area contributed by atoms with Gasteiger partial charge in [0, 0.05) is 12.8 Å². The van der Waals surface area contributed by atoms with Gasteiger partial charge < -0.3 is 9.47 Å². The fraction of sp³-hybridized carbons (Fsp3) is 0.909. The van der Waals surface area contributed by atoms with Gasteiger partial charge in [-0.25, -0.2) is 0 Å². The maximum atomic E-state index is 11.6. The number of hydrogen-bond acceptors (Lipinski definition) is 4. The number of hydrogen-bond donors (Lipinski definition) is 0. The van der Waals surface area contributed by atoms with Crippen molar-refractivity contribution in [2.24, 2.45) is 0 Å². The van der Waals surface area contributed by atoms with Crippen LogP contribution in [0.25, 0.3) is 0 Å². The quantitative estimate of drug-likeness (QED) is 0.160. The second-order valence-electron chi connectivity index (χ2n) is 7.18. The van der Waals surface area contributed by atoms with E-state index in [2.05, 4.69) is 13.8 Å². The molecule has 0 unspecified atom stereocenters. The maximum absolute atomic E-state index is 11.6. The van der Waals surface area contributed by atoms with Gasteiger partial charge in [-0.1, -0.05) is 78.1 Å². The third-order valence-corrected chi connectivity index (χ3v) is 4.53. The molecule has 0 heterocycles. The van der Waals surface area contributed by atoms with Crippen molar-refractivity contribution in [3.63, 3.8) is 0 Å². The molecule has 0 aliphatic heterocycles. The Kier molecular flexibility index (Phi) is 25.9. The van der Waals surface area contributed by atoms with Crippen molar-refractivity contribution in [1.82, 2.24) is 0 Å². The SMILES string of the molecule is CCCCCCCCOC(=O)CCCCC(=O)OCCCCCCCC.[NaH]. The summed E-state index contributed by atoms with van der Waals surface area (Å²) in [6.07, 6.45) is 16.5. The summed E-state index contributed by atoms with van der Waals surface area (Å²) < 4.78 is 10.4. The molecule has 0 bridgehead atoms. The van der Waals surface area contributed by atoms with Crippen molar-refractivity contribution >= 4 is 41.5 Å². The zero-order chi connectivity index (χ0) is 19.3. The van der Waals surface area contributed by atoms with Gasteiger partial charge >= 0.3 is 41.5 Å². The molecule has 0 aliphatic rings. The van der Waals surface area contributed by atoms with Gasteiger partial charge in [-0.2, -0.15) is 0 Å². The second kappa shape index (κ2) is 24.0. The van der Waals surface area contributed by atoms with E-state index in [1.165, 1.54) is 51.4 Å². The summed E-state index contributed by atoms with van der Waals surface area (Å²) in [5.74, 6) is -0.280. The summed E-state index contributed by atoms with van der Waals surface area (Å²) in [4.78, 5) is 23.2. The molecule has 0 aromatic heterocycles.